The van der Waals surface area contributed by atoms with Gasteiger partial charge in [0.15, 0.2) is 0 Å². The van der Waals surface area contributed by atoms with E-state index in [1.807, 2.05) is 0 Å². The van der Waals surface area contributed by atoms with Crippen LogP contribution >= 0.6 is 0 Å². The molecule has 2 heterocycles. The number of rotatable bonds is 5. The zero-order valence-corrected chi connectivity index (χ0v) is 16.0. The molecule has 0 saturated carbocycles. The molecule has 2 aromatic rings. The van der Waals surface area contributed by atoms with Gasteiger partial charge in [-0.2, -0.15) is 4.31 Å². The van der Waals surface area contributed by atoms with E-state index in [4.69, 9.17) is 0 Å². The third-order valence-electron chi connectivity index (χ3n) is 4.44. The molecular weight excluding hydrogens is 406 g/mol. The van der Waals surface area contributed by atoms with Crippen LogP contribution in [0.1, 0.15) is 10.4 Å². The average Bonchev–Trinajstić information content (AvgIpc) is 2.72. The van der Waals surface area contributed by atoms with Gasteiger partial charge in [0, 0.05) is 44.6 Å². The minimum absolute atomic E-state index is 0.0772. The predicted octanol–water partition coefficient (Wildman–Crippen LogP) is 0.623. The number of benzene rings is 1. The van der Waals surface area contributed by atoms with Crippen molar-refractivity contribution in [2.75, 3.05) is 32.7 Å². The highest BCUT2D eigenvalue weighted by molar-refractivity contribution is 7.89. The fourth-order valence-corrected chi connectivity index (χ4v) is 4.25. The van der Waals surface area contributed by atoms with Crippen LogP contribution in [-0.2, 0) is 14.8 Å². The molecule has 11 heteroatoms. The van der Waals surface area contributed by atoms with E-state index in [0.29, 0.717) is 6.07 Å². The van der Waals surface area contributed by atoms with Crippen LogP contribution in [-0.4, -0.2) is 67.1 Å². The van der Waals surface area contributed by atoms with E-state index >= 15 is 0 Å². The summed E-state index contributed by atoms with van der Waals surface area (Å²) in [4.78, 5) is 29.5. The first-order chi connectivity index (χ1) is 13.8. The Morgan fingerprint density at radius 2 is 1.83 bits per heavy atom. The molecule has 0 radical (unpaired) electrons. The molecule has 29 heavy (non-hydrogen) atoms. The fourth-order valence-electron chi connectivity index (χ4n) is 2.86. The van der Waals surface area contributed by atoms with Crippen molar-refractivity contribution in [1.82, 2.24) is 19.5 Å². The molecule has 1 N–H and O–H groups in total. The van der Waals surface area contributed by atoms with E-state index in [9.17, 15) is 26.8 Å². The zero-order chi connectivity index (χ0) is 21.0. The average molecular weight is 424 g/mol. The Morgan fingerprint density at radius 3 is 2.45 bits per heavy atom. The number of amides is 2. The number of nitrogens with one attached hydrogen (secondary N) is 1. The monoisotopic (exact) mass is 424 g/mol. The molecule has 1 saturated heterocycles. The van der Waals surface area contributed by atoms with Crippen LogP contribution in [0.3, 0.4) is 0 Å². The number of carbonyl (C=O) groups is 2. The summed E-state index contributed by atoms with van der Waals surface area (Å²) < 4.78 is 52.9. The lowest BCUT2D eigenvalue weighted by atomic mass is 10.2. The Morgan fingerprint density at radius 1 is 1.10 bits per heavy atom. The molecule has 2 amide bonds. The molecule has 0 atom stereocenters. The maximum atomic E-state index is 13.6. The fraction of sp³-hybridized carbons (Fsp3) is 0.278. The summed E-state index contributed by atoms with van der Waals surface area (Å²) in [7, 11) is -3.69. The molecule has 154 valence electrons. The van der Waals surface area contributed by atoms with E-state index in [2.05, 4.69) is 10.3 Å². The molecule has 0 aliphatic carbocycles. The summed E-state index contributed by atoms with van der Waals surface area (Å²) in [5.41, 5.74) is -0.369. The second-order valence-electron chi connectivity index (χ2n) is 6.28. The molecule has 1 aliphatic rings. The van der Waals surface area contributed by atoms with Crippen molar-refractivity contribution >= 4 is 21.8 Å². The molecule has 1 fully saturated rings. The van der Waals surface area contributed by atoms with Crippen molar-refractivity contribution in [1.29, 1.82) is 0 Å². The Bertz CT molecular complexity index is 1010. The van der Waals surface area contributed by atoms with Crippen molar-refractivity contribution in [3.63, 3.8) is 0 Å². The Labute approximate surface area is 166 Å². The van der Waals surface area contributed by atoms with E-state index in [-0.39, 0.29) is 43.2 Å². The first-order valence-corrected chi connectivity index (χ1v) is 10.1. The Hall–Kier alpha value is -2.92. The minimum atomic E-state index is -3.69. The van der Waals surface area contributed by atoms with Crippen LogP contribution in [0, 0.1) is 11.6 Å². The topological polar surface area (TPSA) is 99.7 Å². The number of nitrogens with zero attached hydrogens (tertiary/aromatic N) is 3. The van der Waals surface area contributed by atoms with Crippen molar-refractivity contribution in [3.8, 4) is 0 Å². The Balaban J connectivity index is 1.53. The smallest absolute Gasteiger partial charge is 0.254 e. The standard InChI is InChI=1S/C18H18F2N4O4S/c19-13-3-4-15(16(20)10-13)18(26)22-12-17(25)23-6-8-24(9-7-23)29(27,28)14-2-1-5-21-11-14/h1-5,10-11H,6-9,12H2,(H,22,26). The van der Waals surface area contributed by atoms with Crippen molar-refractivity contribution < 1.29 is 26.8 Å². The van der Waals surface area contributed by atoms with E-state index < -0.39 is 33.5 Å². The number of hydrogen-bond donors (Lipinski definition) is 1. The molecular formula is C18H18F2N4O4S. The molecule has 8 nitrogen and oxygen atoms in total. The molecule has 1 aromatic heterocycles. The number of aromatic nitrogens is 1. The lowest BCUT2D eigenvalue weighted by Gasteiger charge is -2.34. The van der Waals surface area contributed by atoms with Crippen LogP contribution in [0.15, 0.2) is 47.6 Å². The number of pyridine rings is 1. The van der Waals surface area contributed by atoms with Gasteiger partial charge in [-0.05, 0) is 24.3 Å². The van der Waals surface area contributed by atoms with E-state index in [0.717, 1.165) is 12.1 Å². The van der Waals surface area contributed by atoms with Crippen molar-refractivity contribution in [2.24, 2.45) is 0 Å². The van der Waals surface area contributed by atoms with Crippen LogP contribution in [0.4, 0.5) is 8.78 Å². The van der Waals surface area contributed by atoms with Crippen molar-refractivity contribution in [3.05, 3.63) is 59.9 Å². The lowest BCUT2D eigenvalue weighted by Crippen LogP contribution is -2.52. The maximum Gasteiger partial charge on any atom is 0.254 e. The quantitative estimate of drug-likeness (QED) is 0.759. The van der Waals surface area contributed by atoms with Crippen LogP contribution < -0.4 is 5.32 Å². The van der Waals surface area contributed by atoms with Gasteiger partial charge in [0.2, 0.25) is 15.9 Å². The molecule has 0 unspecified atom stereocenters. The Kier molecular flexibility index (Phi) is 6.18. The normalized spacial score (nSPS) is 15.2. The van der Waals surface area contributed by atoms with Crippen LogP contribution in [0.2, 0.25) is 0 Å². The predicted molar refractivity (Wildman–Crippen MR) is 98.3 cm³/mol. The minimum Gasteiger partial charge on any atom is -0.343 e. The van der Waals surface area contributed by atoms with Gasteiger partial charge < -0.3 is 10.2 Å². The summed E-state index contributed by atoms with van der Waals surface area (Å²) in [5, 5.41) is 2.29. The van der Waals surface area contributed by atoms with Gasteiger partial charge in [0.1, 0.15) is 16.5 Å². The zero-order valence-electron chi connectivity index (χ0n) is 15.2. The number of piperazine rings is 1. The van der Waals surface area contributed by atoms with Gasteiger partial charge in [-0.15, -0.1) is 0 Å². The highest BCUT2D eigenvalue weighted by Crippen LogP contribution is 2.16. The van der Waals surface area contributed by atoms with E-state index in [1.54, 1.807) is 0 Å². The SMILES string of the molecule is O=C(NCC(=O)N1CCN(S(=O)(=O)c2cccnc2)CC1)c1ccc(F)cc1F. The highest BCUT2D eigenvalue weighted by Gasteiger charge is 2.30. The van der Waals surface area contributed by atoms with Gasteiger partial charge in [0.05, 0.1) is 12.1 Å². The van der Waals surface area contributed by atoms with Crippen LogP contribution in [0.25, 0.3) is 0 Å². The van der Waals surface area contributed by atoms with E-state index in [1.165, 1.54) is 33.7 Å². The van der Waals surface area contributed by atoms with Gasteiger partial charge >= 0.3 is 0 Å². The van der Waals surface area contributed by atoms with Gasteiger partial charge in [0.25, 0.3) is 5.91 Å². The van der Waals surface area contributed by atoms with Gasteiger partial charge in [-0.25, -0.2) is 17.2 Å². The van der Waals surface area contributed by atoms with Crippen molar-refractivity contribution in [2.45, 2.75) is 4.90 Å². The van der Waals surface area contributed by atoms with Gasteiger partial charge in [-0.3, -0.25) is 14.6 Å². The third kappa shape index (κ3) is 4.74. The largest absolute Gasteiger partial charge is 0.343 e. The van der Waals surface area contributed by atoms with Crippen LogP contribution in [0.5, 0.6) is 0 Å². The second kappa shape index (κ2) is 8.62. The summed E-state index contributed by atoms with van der Waals surface area (Å²) in [6, 6.07) is 5.50. The number of hydrogen-bond acceptors (Lipinski definition) is 5. The molecule has 0 spiro atoms. The van der Waals surface area contributed by atoms with Gasteiger partial charge in [-0.1, -0.05) is 0 Å². The highest BCUT2D eigenvalue weighted by atomic mass is 32.2. The molecule has 1 aromatic carbocycles. The molecule has 1 aliphatic heterocycles. The molecule has 3 rings (SSSR count). The number of halogens is 2. The first kappa shape index (κ1) is 20.8. The number of carbonyl (C=O) groups excluding carboxylic acids is 2. The molecule has 0 bridgehead atoms. The maximum absolute atomic E-state index is 13.6. The summed E-state index contributed by atoms with van der Waals surface area (Å²) in [6.45, 7) is 0.121. The second-order valence-corrected chi connectivity index (χ2v) is 8.22. The lowest BCUT2D eigenvalue weighted by molar-refractivity contribution is -0.131. The summed E-state index contributed by atoms with van der Waals surface area (Å²) in [5.74, 6) is -3.11. The first-order valence-electron chi connectivity index (χ1n) is 8.70. The summed E-state index contributed by atoms with van der Waals surface area (Å²) >= 11 is 0. The third-order valence-corrected chi connectivity index (χ3v) is 6.32. The summed E-state index contributed by atoms with van der Waals surface area (Å²) in [6.07, 6.45) is 2.73. The number of sulfonamides is 1.